The molecule has 0 aliphatic carbocycles. The second-order valence-corrected chi connectivity index (χ2v) is 26.3. The summed E-state index contributed by atoms with van der Waals surface area (Å²) in [4.78, 5) is 146. The number of fused-ring (bicyclic) bond motifs is 5. The van der Waals surface area contributed by atoms with Crippen LogP contribution in [0, 0.1) is 27.1 Å². The summed E-state index contributed by atoms with van der Waals surface area (Å²) in [5.74, 6) is 0.0855. The number of nitrogens with zero attached hydrogens (tertiary/aromatic N) is 9. The lowest BCUT2D eigenvalue weighted by molar-refractivity contribution is -0.132. The standard InChI is InChI=1S/C15H20N2O2.4C14H19N3O2.5C2H6.CH4/c1-10-15(3,14(19)16-4)9-12-7-5-6-8-13(12)17(10)11(2)18;1-9-14(3,13(19)15-4)7-11-8-16-6-5-12(11)17(9)10(2)18;1-9-14(3,13(19)15-4)7-11-5-6-16-8-12(11)17(9)10(2)18;1-9-14(3,13(19)15-4)8-11-12(6-5-7-16-11)17(9)10(2)18;1-9-14(3,13(19)15-4)8-11-6-5-7-16-12(11)17(9)10(2)18;5*1-2;/h5-8,10H,9H2,1-4H3,(H,16,19);2*5-6,8-9H,7H2,1-4H3,(H,15,19);2*5-7,9H,8H2,1-4H3,(H,15,19);5*1-2H3;1H4. The molecule has 10 amide bonds. The number of carbonyl (C=O) groups excluding carboxylic acids is 10. The molecule has 10 unspecified atom stereocenters. The normalized spacial score (nSPS) is 23.3. The van der Waals surface area contributed by atoms with Crippen molar-refractivity contribution >= 4 is 87.6 Å². The van der Waals surface area contributed by atoms with Crippen molar-refractivity contribution in [2.45, 2.75) is 243 Å². The van der Waals surface area contributed by atoms with Crippen LogP contribution >= 0.6 is 0 Å². The highest BCUT2D eigenvalue weighted by Crippen LogP contribution is 2.46. The van der Waals surface area contributed by atoms with Crippen LogP contribution in [0.2, 0.25) is 0 Å². The topological polar surface area (TPSA) is 299 Å². The summed E-state index contributed by atoms with van der Waals surface area (Å²) in [7, 11) is 8.13. The molecule has 4 aromatic heterocycles. The second-order valence-electron chi connectivity index (χ2n) is 26.3. The zero-order valence-electron chi connectivity index (χ0n) is 68.8. The number of hydrogen-bond donors (Lipinski definition) is 5. The lowest BCUT2D eigenvalue weighted by Crippen LogP contribution is -2.57. The molecule has 9 heterocycles. The van der Waals surface area contributed by atoms with Crippen LogP contribution < -0.4 is 51.1 Å². The van der Waals surface area contributed by atoms with Crippen molar-refractivity contribution in [2.75, 3.05) is 59.7 Å². The fraction of sp³-hybridized carbons (Fsp3) is 0.561. The van der Waals surface area contributed by atoms with Gasteiger partial charge in [-0.1, -0.05) is 101 Å². The van der Waals surface area contributed by atoms with Crippen LogP contribution in [0.5, 0.6) is 0 Å². The van der Waals surface area contributed by atoms with Crippen LogP contribution in [-0.2, 0) is 80.0 Å². The Labute approximate surface area is 634 Å². The predicted octanol–water partition coefficient (Wildman–Crippen LogP) is 12.0. The number of pyridine rings is 4. The molecule has 0 bridgehead atoms. The highest BCUT2D eigenvalue weighted by molar-refractivity contribution is 6.00. The molecule has 24 heteroatoms. The molecule has 0 fully saturated rings. The Bertz CT molecular complexity index is 3200. The second kappa shape index (κ2) is 43.2. The number of aromatic nitrogens is 4. The fourth-order valence-electron chi connectivity index (χ4n) is 14.1. The summed E-state index contributed by atoms with van der Waals surface area (Å²) >= 11 is 0. The average Bonchev–Trinajstić information content (AvgIpc) is 0.786. The zero-order valence-corrected chi connectivity index (χ0v) is 68.8. The van der Waals surface area contributed by atoms with Gasteiger partial charge in [0.25, 0.3) is 0 Å². The molecule has 0 saturated carbocycles. The molecule has 588 valence electrons. The number of anilines is 5. The van der Waals surface area contributed by atoms with E-state index in [1.807, 2.05) is 199 Å². The molecule has 24 nitrogen and oxygen atoms in total. The van der Waals surface area contributed by atoms with Gasteiger partial charge >= 0.3 is 0 Å². The predicted molar refractivity (Wildman–Crippen MR) is 429 cm³/mol. The van der Waals surface area contributed by atoms with Crippen molar-refractivity contribution in [1.82, 2.24) is 46.5 Å². The van der Waals surface area contributed by atoms with Gasteiger partial charge in [0.1, 0.15) is 5.82 Å². The first-order valence-electron chi connectivity index (χ1n) is 37.0. The molecule has 5 aliphatic heterocycles. The zero-order chi connectivity index (χ0) is 81.0. The Hall–Kier alpha value is -9.48. The highest BCUT2D eigenvalue weighted by Gasteiger charge is 2.52. The lowest BCUT2D eigenvalue weighted by Gasteiger charge is -2.45. The minimum Gasteiger partial charge on any atom is -0.359 e. The molecule has 1 aromatic carbocycles. The van der Waals surface area contributed by atoms with E-state index in [2.05, 4.69) is 46.5 Å². The maximum atomic E-state index is 12.2. The minimum atomic E-state index is -0.665. The van der Waals surface area contributed by atoms with Gasteiger partial charge in [-0.25, -0.2) is 4.98 Å². The summed E-state index contributed by atoms with van der Waals surface area (Å²) < 4.78 is 0. The van der Waals surface area contributed by atoms with Crippen LogP contribution in [-0.4, -0.2) is 144 Å². The van der Waals surface area contributed by atoms with Crippen molar-refractivity contribution in [3.8, 4) is 0 Å². The van der Waals surface area contributed by atoms with E-state index in [-0.39, 0.29) is 96.7 Å². The van der Waals surface area contributed by atoms with E-state index in [0.29, 0.717) is 37.9 Å². The monoisotopic (exact) mass is 1470 g/mol. The molecule has 5 N–H and O–H groups in total. The quantitative estimate of drug-likeness (QED) is 0.109. The van der Waals surface area contributed by atoms with Gasteiger partial charge < -0.3 is 46.2 Å². The first-order valence-corrected chi connectivity index (χ1v) is 37.0. The maximum absolute atomic E-state index is 12.2. The Morgan fingerprint density at radius 2 is 0.613 bits per heavy atom. The molecule has 10 rings (SSSR count). The van der Waals surface area contributed by atoms with Crippen molar-refractivity contribution in [3.63, 3.8) is 0 Å². The van der Waals surface area contributed by atoms with Gasteiger partial charge in [0, 0.05) is 137 Å². The molecule has 0 spiro atoms. The van der Waals surface area contributed by atoms with Gasteiger partial charge in [0.05, 0.1) is 62.1 Å². The number of nitrogens with one attached hydrogen (secondary N) is 5. The number of benzene rings is 1. The Balaban J connectivity index is 0.00000126. The van der Waals surface area contributed by atoms with Crippen molar-refractivity contribution in [1.29, 1.82) is 0 Å². The SMILES string of the molecule is C.CC.CC.CC.CC.CC.CNC(=O)C1(C)Cc2ccccc2N(C(C)=O)C1C.CNC(=O)C1(C)Cc2cccnc2N(C(C)=O)C1C.CNC(=O)C1(C)Cc2ccncc2N(C(C)=O)C1C.CNC(=O)C1(C)Cc2cnccc2N(C(C)=O)C1C.CNC(=O)C1(C)Cc2ncccc2N(C(C)=O)C1C. The largest absolute Gasteiger partial charge is 0.359 e. The molecule has 0 radical (unpaired) electrons. The van der Waals surface area contributed by atoms with Crippen molar-refractivity contribution in [2.24, 2.45) is 27.1 Å². The summed E-state index contributed by atoms with van der Waals surface area (Å²) in [5, 5.41) is 13.5. The molecular weight excluding hydrogens is 1340 g/mol. The van der Waals surface area contributed by atoms with E-state index in [0.717, 1.165) is 50.7 Å². The third-order valence-electron chi connectivity index (χ3n) is 20.5. The van der Waals surface area contributed by atoms with E-state index < -0.39 is 27.1 Å². The summed E-state index contributed by atoms with van der Waals surface area (Å²) in [6, 6.07) is 17.9. The Morgan fingerprint density at radius 1 is 0.330 bits per heavy atom. The molecular formula is C82H130N14O10. The summed E-state index contributed by atoms with van der Waals surface area (Å²) in [6.45, 7) is 46.7. The van der Waals surface area contributed by atoms with Gasteiger partial charge in [0.2, 0.25) is 59.1 Å². The minimum absolute atomic E-state index is 0. The highest BCUT2D eigenvalue weighted by atomic mass is 16.2. The number of amides is 10. The number of carbonyl (C=O) groups is 10. The van der Waals surface area contributed by atoms with Gasteiger partial charge in [-0.3, -0.25) is 67.8 Å². The third kappa shape index (κ3) is 20.6. The van der Waals surface area contributed by atoms with Crippen LogP contribution in [0.3, 0.4) is 0 Å². The average molecular weight is 1470 g/mol. The first-order chi connectivity index (χ1) is 49.6. The van der Waals surface area contributed by atoms with Gasteiger partial charge in [-0.15, -0.1) is 0 Å². The first kappa shape index (κ1) is 96.5. The summed E-state index contributed by atoms with van der Waals surface area (Å²) in [5.41, 5.74) is 4.90. The Morgan fingerprint density at radius 3 is 1.02 bits per heavy atom. The molecule has 0 saturated heterocycles. The van der Waals surface area contributed by atoms with Crippen LogP contribution in [0.1, 0.15) is 208 Å². The molecule has 106 heavy (non-hydrogen) atoms. The third-order valence-corrected chi connectivity index (χ3v) is 20.5. The molecule has 5 aliphatic rings. The lowest BCUT2D eigenvalue weighted by atomic mass is 9.72. The van der Waals surface area contributed by atoms with Crippen molar-refractivity contribution < 1.29 is 47.9 Å². The van der Waals surface area contributed by atoms with Gasteiger partial charge in [0.15, 0.2) is 0 Å². The maximum Gasteiger partial charge on any atom is 0.228 e. The van der Waals surface area contributed by atoms with E-state index in [1.54, 1.807) is 104 Å². The van der Waals surface area contributed by atoms with E-state index in [9.17, 15) is 47.9 Å². The Kier molecular flexibility index (Phi) is 39.4. The van der Waals surface area contributed by atoms with E-state index in [4.69, 9.17) is 0 Å². The number of hydrogen-bond acceptors (Lipinski definition) is 14. The van der Waals surface area contributed by atoms with E-state index in [1.165, 1.54) is 27.7 Å². The number of rotatable bonds is 5. The smallest absolute Gasteiger partial charge is 0.228 e. The van der Waals surface area contributed by atoms with E-state index >= 15 is 0 Å². The fourth-order valence-corrected chi connectivity index (χ4v) is 14.1. The molecule has 5 aromatic rings. The van der Waals surface area contributed by atoms with Crippen LogP contribution in [0.25, 0.3) is 0 Å². The summed E-state index contributed by atoms with van der Waals surface area (Å²) in [6.07, 6.45) is 13.1. The number of para-hydroxylation sites is 1. The molecule has 10 atom stereocenters. The van der Waals surface area contributed by atoms with Gasteiger partial charge in [-0.2, -0.15) is 0 Å². The van der Waals surface area contributed by atoms with Crippen LogP contribution in [0.4, 0.5) is 28.6 Å². The van der Waals surface area contributed by atoms with Crippen LogP contribution in [0.15, 0.2) is 97.8 Å². The van der Waals surface area contributed by atoms with Gasteiger partial charge in [-0.05, 0) is 154 Å². The van der Waals surface area contributed by atoms with Crippen molar-refractivity contribution in [3.05, 3.63) is 126 Å².